The normalized spacial score (nSPS) is 16.3. The van der Waals surface area contributed by atoms with Gasteiger partial charge in [0.1, 0.15) is 0 Å². The van der Waals surface area contributed by atoms with Crippen LogP contribution in [0.1, 0.15) is 216 Å². The van der Waals surface area contributed by atoms with E-state index in [9.17, 15) is 0 Å². The third-order valence-corrected chi connectivity index (χ3v) is 11.7. The van der Waals surface area contributed by atoms with Gasteiger partial charge in [-0.1, -0.05) is 154 Å². The third-order valence-electron chi connectivity index (χ3n) is 11.7. The Labute approximate surface area is 423 Å². The maximum Gasteiger partial charge on any atom is 1.00 e. The number of benzene rings is 3. The van der Waals surface area contributed by atoms with E-state index in [-0.39, 0.29) is 37.7 Å². The third kappa shape index (κ3) is 23.4. The van der Waals surface area contributed by atoms with Gasteiger partial charge >= 0.3 is 37.7 Å². The first kappa shape index (κ1) is 61.3. The first-order valence-corrected chi connectivity index (χ1v) is 25.1. The Kier molecular flexibility index (Phi) is 33.3. The summed E-state index contributed by atoms with van der Waals surface area (Å²) in [5.74, 6) is 2.52. The molecule has 9 heteroatoms. The molecule has 3 aromatic rings. The van der Waals surface area contributed by atoms with Crippen molar-refractivity contribution < 1.29 is 61.4 Å². The van der Waals surface area contributed by atoms with Gasteiger partial charge in [-0.2, -0.15) is 11.4 Å². The van der Waals surface area contributed by atoms with Crippen molar-refractivity contribution in [3.8, 4) is 0 Å². The fraction of sp³-hybridized carbons (Fsp3) is 0.679. The summed E-state index contributed by atoms with van der Waals surface area (Å²) in [7, 11) is 0. The minimum Gasteiger partial charge on any atom is -0.658 e. The Hall–Kier alpha value is -1.75. The van der Waals surface area contributed by atoms with Crippen molar-refractivity contribution in [2.24, 2.45) is 0 Å². The predicted molar refractivity (Wildman–Crippen MR) is 269 cm³/mol. The van der Waals surface area contributed by atoms with E-state index in [1.54, 1.807) is 0 Å². The van der Waals surface area contributed by atoms with E-state index < -0.39 is 0 Å². The van der Waals surface area contributed by atoms with Crippen molar-refractivity contribution in [3.63, 3.8) is 0 Å². The van der Waals surface area contributed by atoms with E-state index in [1.165, 1.54) is 97.6 Å². The molecular weight excluding hydrogens is 795 g/mol. The molecule has 0 N–H and O–H groups in total. The maximum atomic E-state index is 5.38. The molecule has 65 heavy (non-hydrogen) atoms. The van der Waals surface area contributed by atoms with E-state index >= 15 is 0 Å². The molecular formula is C56H90Li2N2O5. The summed E-state index contributed by atoms with van der Waals surface area (Å²) in [6.45, 7) is 37.3. The number of nitrogens with zero attached hydrogens (tertiary/aromatic N) is 2. The SMILES string of the molecule is C1CCOC1.C1CCOC1.C1CCOC1.C1CCOC1.C1CCOC1.CC(C)c1cc(C(C)C)c([N-]c2ccccc2[N-]c2c(C(C)C)cc(C(C)C)cc2C(C)C)c(C(C)C)c1.[Li+].[Li+]. The van der Waals surface area contributed by atoms with Crippen LogP contribution in [0.4, 0.5) is 22.7 Å². The molecule has 0 saturated carbocycles. The Morgan fingerprint density at radius 3 is 0.662 bits per heavy atom. The van der Waals surface area contributed by atoms with Gasteiger partial charge < -0.3 is 34.3 Å². The average Bonchev–Trinajstić information content (AvgIpc) is 4.12. The number of hydrogen-bond donors (Lipinski definition) is 0. The van der Waals surface area contributed by atoms with E-state index in [1.807, 2.05) is 0 Å². The number of ether oxygens (including phenoxy) is 5. The summed E-state index contributed by atoms with van der Waals surface area (Å²) >= 11 is 0. The van der Waals surface area contributed by atoms with Crippen LogP contribution in [-0.2, 0) is 23.7 Å². The zero-order valence-electron chi connectivity index (χ0n) is 44.2. The van der Waals surface area contributed by atoms with Crippen LogP contribution >= 0.6 is 0 Å². The van der Waals surface area contributed by atoms with Gasteiger partial charge in [0.15, 0.2) is 0 Å². The second-order valence-electron chi connectivity index (χ2n) is 19.3. The van der Waals surface area contributed by atoms with Crippen molar-refractivity contribution in [2.75, 3.05) is 66.1 Å². The largest absolute Gasteiger partial charge is 1.00 e. The van der Waals surface area contributed by atoms with Gasteiger partial charge in [0.2, 0.25) is 0 Å². The predicted octanol–water partition coefficient (Wildman–Crippen LogP) is 11.1. The van der Waals surface area contributed by atoms with Crippen LogP contribution in [0.5, 0.6) is 0 Å². The topological polar surface area (TPSA) is 74.4 Å². The molecule has 7 nitrogen and oxygen atoms in total. The standard InChI is InChI=1S/C36H50N2.5C4H8O.2Li/c1-21(2)27-17-29(23(5)6)35(30(18-27)24(7)8)37-33-15-13-14-16-34(33)38-36-31(25(9)10)19-28(22(3)4)20-32(36)26(11)12;5*1-2-4-5-3-1;;/h13-26H,1-12H3;5*1-4H2;;/q-2;;;;;;2*+1. The van der Waals surface area contributed by atoms with E-state index in [2.05, 4.69) is 132 Å². The molecule has 0 spiro atoms. The summed E-state index contributed by atoms with van der Waals surface area (Å²) < 4.78 is 24.7. The number of rotatable bonds is 10. The fourth-order valence-corrected chi connectivity index (χ4v) is 7.54. The molecule has 5 heterocycles. The van der Waals surface area contributed by atoms with Gasteiger partial charge in [-0.05, 0) is 111 Å². The molecule has 0 unspecified atom stereocenters. The van der Waals surface area contributed by atoms with Crippen LogP contribution in [0.2, 0.25) is 0 Å². The van der Waals surface area contributed by atoms with Gasteiger partial charge in [0, 0.05) is 66.1 Å². The summed E-state index contributed by atoms with van der Waals surface area (Å²) in [6, 6.07) is 17.9. The van der Waals surface area contributed by atoms with E-state index in [0.29, 0.717) is 35.5 Å². The minimum atomic E-state index is 0. The molecule has 356 valence electrons. The molecule has 0 radical (unpaired) electrons. The van der Waals surface area contributed by atoms with Crippen molar-refractivity contribution >= 4 is 22.7 Å². The molecule has 0 bridgehead atoms. The van der Waals surface area contributed by atoms with Crippen LogP contribution < -0.4 is 37.7 Å². The van der Waals surface area contributed by atoms with Gasteiger partial charge in [-0.25, -0.2) is 0 Å². The quantitative estimate of drug-likeness (QED) is 0.190. The first-order valence-electron chi connectivity index (χ1n) is 25.1. The van der Waals surface area contributed by atoms with Gasteiger partial charge in [0.25, 0.3) is 0 Å². The second-order valence-corrected chi connectivity index (χ2v) is 19.3. The summed E-state index contributed by atoms with van der Waals surface area (Å²) in [5, 5.41) is 10.8. The summed E-state index contributed by atoms with van der Waals surface area (Å²) in [4.78, 5) is 0. The monoisotopic (exact) mass is 885 g/mol. The number of hydrogen-bond acceptors (Lipinski definition) is 5. The van der Waals surface area contributed by atoms with E-state index in [4.69, 9.17) is 34.3 Å². The van der Waals surface area contributed by atoms with Crippen LogP contribution in [-0.4, -0.2) is 66.1 Å². The molecule has 5 aliphatic rings. The minimum absolute atomic E-state index is 0. The maximum absolute atomic E-state index is 5.38. The number of para-hydroxylation sites is 2. The average molecular weight is 885 g/mol. The van der Waals surface area contributed by atoms with Crippen molar-refractivity contribution in [1.82, 2.24) is 0 Å². The molecule has 0 amide bonds. The van der Waals surface area contributed by atoms with Gasteiger partial charge in [0.05, 0.1) is 0 Å². The molecule has 8 rings (SSSR count). The smallest absolute Gasteiger partial charge is 0.658 e. The molecule has 3 aromatic carbocycles. The van der Waals surface area contributed by atoms with Gasteiger partial charge in [-0.3, -0.25) is 0 Å². The van der Waals surface area contributed by atoms with E-state index in [0.717, 1.165) is 88.8 Å². The molecule has 0 aromatic heterocycles. The molecule has 5 saturated heterocycles. The molecule has 5 fully saturated rings. The molecule has 5 aliphatic heterocycles. The Morgan fingerprint density at radius 2 is 0.523 bits per heavy atom. The van der Waals surface area contributed by atoms with Crippen molar-refractivity contribution in [3.05, 3.63) is 92.5 Å². The van der Waals surface area contributed by atoms with Gasteiger partial charge in [-0.15, -0.1) is 11.4 Å². The summed E-state index contributed by atoms with van der Waals surface area (Å²) in [6.07, 6.45) is 12.8. The molecule has 0 atom stereocenters. The Balaban J connectivity index is 0.000000617. The molecule has 0 aliphatic carbocycles. The Morgan fingerprint density at radius 1 is 0.323 bits per heavy atom. The zero-order chi connectivity index (χ0) is 46.0. The van der Waals surface area contributed by atoms with Crippen molar-refractivity contribution in [2.45, 2.75) is 183 Å². The first-order chi connectivity index (χ1) is 30.3. The second kappa shape index (κ2) is 35.4. The Bertz CT molecular complexity index is 1410. The van der Waals surface area contributed by atoms with Crippen LogP contribution in [0.3, 0.4) is 0 Å². The fourth-order valence-electron chi connectivity index (χ4n) is 7.54. The van der Waals surface area contributed by atoms with Crippen LogP contribution in [0, 0.1) is 0 Å². The van der Waals surface area contributed by atoms with Crippen LogP contribution in [0.15, 0.2) is 48.5 Å². The summed E-state index contributed by atoms with van der Waals surface area (Å²) in [5.41, 5.74) is 12.2. The van der Waals surface area contributed by atoms with Crippen LogP contribution in [0.25, 0.3) is 10.6 Å². The van der Waals surface area contributed by atoms with Crippen molar-refractivity contribution in [1.29, 1.82) is 0 Å². The zero-order valence-corrected chi connectivity index (χ0v) is 44.2.